The predicted octanol–water partition coefficient (Wildman–Crippen LogP) is 4.43. The van der Waals surface area contributed by atoms with E-state index < -0.39 is 0 Å². The van der Waals surface area contributed by atoms with Gasteiger partial charge in [-0.3, -0.25) is 0 Å². The van der Waals surface area contributed by atoms with Gasteiger partial charge in [0.25, 0.3) is 0 Å². The first-order chi connectivity index (χ1) is 8.71. The molecule has 0 bridgehead atoms. The van der Waals surface area contributed by atoms with Gasteiger partial charge in [-0.1, -0.05) is 24.7 Å². The molecule has 4 heteroatoms. The van der Waals surface area contributed by atoms with Crippen LogP contribution in [0.1, 0.15) is 32.6 Å². The zero-order valence-corrected chi connectivity index (χ0v) is 11.3. The lowest BCUT2D eigenvalue weighted by Gasteiger charge is -2.13. The number of rotatable bonds is 5. The van der Waals surface area contributed by atoms with Crippen LogP contribution in [-0.2, 0) is 0 Å². The van der Waals surface area contributed by atoms with E-state index in [2.05, 4.69) is 17.2 Å². The van der Waals surface area contributed by atoms with Crippen molar-refractivity contribution in [3.05, 3.63) is 24.0 Å². The minimum absolute atomic E-state index is 0.219. The van der Waals surface area contributed by atoms with Gasteiger partial charge in [-0.2, -0.15) is 0 Å². The second-order valence-corrected chi connectivity index (χ2v) is 6.27. The number of nitrogens with one attached hydrogen (secondary N) is 1. The van der Waals surface area contributed by atoms with Gasteiger partial charge in [0.05, 0.1) is 10.2 Å². The molecular formula is C14H17FN2S. The molecule has 1 fully saturated rings. The van der Waals surface area contributed by atoms with Crippen LogP contribution in [0, 0.1) is 11.2 Å². The molecule has 0 atom stereocenters. The molecule has 96 valence electrons. The van der Waals surface area contributed by atoms with E-state index in [1.54, 1.807) is 17.4 Å². The van der Waals surface area contributed by atoms with Gasteiger partial charge in [0.2, 0.25) is 0 Å². The summed E-state index contributed by atoms with van der Waals surface area (Å²) in [6, 6.07) is 4.78. The molecule has 1 aliphatic carbocycles. The zero-order chi connectivity index (χ0) is 12.6. The lowest BCUT2D eigenvalue weighted by molar-refractivity contribution is 0.485. The summed E-state index contributed by atoms with van der Waals surface area (Å²) in [6.07, 6.45) is 5.19. The van der Waals surface area contributed by atoms with Crippen LogP contribution in [0.2, 0.25) is 0 Å². The summed E-state index contributed by atoms with van der Waals surface area (Å²) < 4.78 is 14.1. The minimum Gasteiger partial charge on any atom is -0.361 e. The van der Waals surface area contributed by atoms with Gasteiger partial charge in [0.1, 0.15) is 5.82 Å². The largest absolute Gasteiger partial charge is 0.361 e. The summed E-state index contributed by atoms with van der Waals surface area (Å²) in [5.41, 5.74) is 1.26. The van der Waals surface area contributed by atoms with Crippen LogP contribution in [0.3, 0.4) is 0 Å². The Balaban J connectivity index is 1.71. The minimum atomic E-state index is -0.219. The number of hydrogen-bond donors (Lipinski definition) is 1. The topological polar surface area (TPSA) is 24.9 Å². The van der Waals surface area contributed by atoms with E-state index in [9.17, 15) is 4.39 Å². The molecule has 0 saturated heterocycles. The summed E-state index contributed by atoms with van der Waals surface area (Å²) in [5, 5.41) is 4.34. The Kier molecular flexibility index (Phi) is 2.98. The Morgan fingerprint density at radius 3 is 3.00 bits per heavy atom. The molecule has 1 N–H and O–H groups in total. The molecule has 0 radical (unpaired) electrons. The Bertz CT molecular complexity index is 560. The van der Waals surface area contributed by atoms with Crippen molar-refractivity contribution in [3.8, 4) is 0 Å². The third-order valence-corrected chi connectivity index (χ3v) is 4.70. The van der Waals surface area contributed by atoms with Crippen LogP contribution < -0.4 is 5.32 Å². The predicted molar refractivity (Wildman–Crippen MR) is 74.6 cm³/mol. The molecule has 3 rings (SSSR count). The van der Waals surface area contributed by atoms with Crippen molar-refractivity contribution in [1.82, 2.24) is 4.98 Å². The molecule has 0 aliphatic heterocycles. The lowest BCUT2D eigenvalue weighted by Crippen LogP contribution is -2.14. The third kappa shape index (κ3) is 2.34. The molecule has 1 saturated carbocycles. The molecular weight excluding hydrogens is 247 g/mol. The molecule has 1 aromatic heterocycles. The summed E-state index contributed by atoms with van der Waals surface area (Å²) >= 11 is 1.60. The Morgan fingerprint density at radius 2 is 2.28 bits per heavy atom. The average Bonchev–Trinajstić information content (AvgIpc) is 2.99. The fraction of sp³-hybridized carbons (Fsp3) is 0.500. The normalized spacial score (nSPS) is 17.0. The molecule has 18 heavy (non-hydrogen) atoms. The van der Waals surface area contributed by atoms with Crippen LogP contribution in [0.15, 0.2) is 18.2 Å². The number of halogens is 1. The summed E-state index contributed by atoms with van der Waals surface area (Å²) in [6.45, 7) is 3.24. The number of hydrogen-bond acceptors (Lipinski definition) is 3. The number of fused-ring (bicyclic) bond motifs is 1. The number of anilines is 1. The highest BCUT2D eigenvalue weighted by Gasteiger charge is 2.41. The summed E-state index contributed by atoms with van der Waals surface area (Å²) in [5.74, 6) is -0.219. The van der Waals surface area contributed by atoms with Gasteiger partial charge in [0, 0.05) is 12.6 Å². The average molecular weight is 264 g/mol. The quantitative estimate of drug-likeness (QED) is 0.864. The van der Waals surface area contributed by atoms with Gasteiger partial charge >= 0.3 is 0 Å². The van der Waals surface area contributed by atoms with Crippen LogP contribution in [-0.4, -0.2) is 11.5 Å². The van der Waals surface area contributed by atoms with Crippen molar-refractivity contribution in [2.45, 2.75) is 32.6 Å². The smallest absolute Gasteiger partial charge is 0.183 e. The standard InChI is InChI=1S/C14H17FN2S/c1-2-5-14(6-7-14)9-16-13-17-11-8-10(15)3-4-12(11)18-13/h3-4,8H,2,5-7,9H2,1H3,(H,16,17). The van der Waals surface area contributed by atoms with E-state index in [1.165, 1.54) is 37.8 Å². The van der Waals surface area contributed by atoms with Crippen molar-refractivity contribution >= 4 is 26.7 Å². The summed E-state index contributed by atoms with van der Waals surface area (Å²) in [7, 11) is 0. The Hall–Kier alpha value is -1.16. The molecule has 0 amide bonds. The maximum Gasteiger partial charge on any atom is 0.183 e. The van der Waals surface area contributed by atoms with Gasteiger partial charge in [-0.15, -0.1) is 0 Å². The van der Waals surface area contributed by atoms with Gasteiger partial charge in [-0.25, -0.2) is 9.37 Å². The first kappa shape index (κ1) is 11.9. The fourth-order valence-electron chi connectivity index (χ4n) is 2.46. The van der Waals surface area contributed by atoms with Crippen LogP contribution in [0.25, 0.3) is 10.2 Å². The molecule has 0 spiro atoms. The summed E-state index contributed by atoms with van der Waals surface area (Å²) in [4.78, 5) is 4.43. The van der Waals surface area contributed by atoms with Gasteiger partial charge in [0.15, 0.2) is 5.13 Å². The number of aromatic nitrogens is 1. The molecule has 1 aromatic carbocycles. The first-order valence-corrected chi connectivity index (χ1v) is 7.32. The number of thiazole rings is 1. The molecule has 2 aromatic rings. The fourth-order valence-corrected chi connectivity index (χ4v) is 3.30. The van der Waals surface area contributed by atoms with E-state index in [1.807, 2.05) is 0 Å². The Labute approximate surface area is 110 Å². The molecule has 1 aliphatic rings. The Morgan fingerprint density at radius 1 is 1.44 bits per heavy atom. The maximum atomic E-state index is 13.1. The van der Waals surface area contributed by atoms with Crippen molar-refractivity contribution in [1.29, 1.82) is 0 Å². The number of nitrogens with zero attached hydrogens (tertiary/aromatic N) is 1. The second kappa shape index (κ2) is 4.50. The molecule has 1 heterocycles. The lowest BCUT2D eigenvalue weighted by atomic mass is 10.0. The highest BCUT2D eigenvalue weighted by Crippen LogP contribution is 2.49. The van der Waals surface area contributed by atoms with Crippen LogP contribution in [0.5, 0.6) is 0 Å². The van der Waals surface area contributed by atoms with Gasteiger partial charge in [-0.05, 0) is 36.8 Å². The van der Waals surface area contributed by atoms with Crippen molar-refractivity contribution in [2.24, 2.45) is 5.41 Å². The van der Waals surface area contributed by atoms with E-state index in [0.717, 1.165) is 21.9 Å². The molecule has 0 unspecified atom stereocenters. The van der Waals surface area contributed by atoms with E-state index in [0.29, 0.717) is 5.41 Å². The highest BCUT2D eigenvalue weighted by molar-refractivity contribution is 7.22. The highest BCUT2D eigenvalue weighted by atomic mass is 32.1. The third-order valence-electron chi connectivity index (χ3n) is 3.70. The van der Waals surface area contributed by atoms with Crippen molar-refractivity contribution in [3.63, 3.8) is 0 Å². The monoisotopic (exact) mass is 264 g/mol. The van der Waals surface area contributed by atoms with E-state index >= 15 is 0 Å². The van der Waals surface area contributed by atoms with Gasteiger partial charge < -0.3 is 5.32 Å². The molecule has 2 nitrogen and oxygen atoms in total. The van der Waals surface area contributed by atoms with Crippen molar-refractivity contribution in [2.75, 3.05) is 11.9 Å². The maximum absolute atomic E-state index is 13.1. The van der Waals surface area contributed by atoms with Crippen LogP contribution >= 0.6 is 11.3 Å². The van der Waals surface area contributed by atoms with Crippen molar-refractivity contribution < 1.29 is 4.39 Å². The van der Waals surface area contributed by atoms with E-state index in [-0.39, 0.29) is 5.82 Å². The zero-order valence-electron chi connectivity index (χ0n) is 10.5. The number of benzene rings is 1. The SMILES string of the molecule is CCCC1(CNc2nc3cc(F)ccc3s2)CC1. The second-order valence-electron chi connectivity index (χ2n) is 5.23. The van der Waals surface area contributed by atoms with Crippen LogP contribution in [0.4, 0.5) is 9.52 Å². The first-order valence-electron chi connectivity index (χ1n) is 6.51. The van der Waals surface area contributed by atoms with E-state index in [4.69, 9.17) is 0 Å².